The second kappa shape index (κ2) is 8.79. The van der Waals surface area contributed by atoms with Gasteiger partial charge < -0.3 is 15.3 Å². The Bertz CT molecular complexity index is 537. The van der Waals surface area contributed by atoms with Crippen molar-refractivity contribution in [3.8, 4) is 0 Å². The molecule has 2 N–H and O–H groups in total. The summed E-state index contributed by atoms with van der Waals surface area (Å²) in [5.74, 6) is 0.354. The van der Waals surface area contributed by atoms with Crippen LogP contribution in [0.1, 0.15) is 37.3 Å². The van der Waals surface area contributed by atoms with Gasteiger partial charge in [-0.3, -0.25) is 9.69 Å². The molecule has 0 radical (unpaired) electrons. The number of carbonyl (C=O) groups excluding carboxylic acids is 1. The largest absolute Gasteiger partial charge is 0.391 e. The fourth-order valence-corrected chi connectivity index (χ4v) is 4.05. The molecule has 2 aliphatic rings. The molecule has 25 heavy (non-hydrogen) atoms. The SMILES string of the molecule is CN1CCN(C(C(=O)NCC(O)C2CCCC2)c2ccccc2)CC1. The van der Waals surface area contributed by atoms with E-state index in [2.05, 4.69) is 22.2 Å². The van der Waals surface area contributed by atoms with Crippen molar-refractivity contribution >= 4 is 5.91 Å². The molecule has 5 nitrogen and oxygen atoms in total. The van der Waals surface area contributed by atoms with Gasteiger partial charge in [-0.25, -0.2) is 0 Å². The normalized spacial score (nSPS) is 22.6. The summed E-state index contributed by atoms with van der Waals surface area (Å²) in [6.45, 7) is 4.08. The molecule has 1 heterocycles. The van der Waals surface area contributed by atoms with E-state index in [1.165, 1.54) is 12.8 Å². The van der Waals surface area contributed by atoms with Crippen LogP contribution >= 0.6 is 0 Å². The topological polar surface area (TPSA) is 55.8 Å². The minimum absolute atomic E-state index is 0.00722. The molecule has 1 aromatic carbocycles. The molecule has 3 rings (SSSR count). The number of piperazine rings is 1. The smallest absolute Gasteiger partial charge is 0.242 e. The van der Waals surface area contributed by atoms with E-state index in [0.717, 1.165) is 44.6 Å². The lowest BCUT2D eigenvalue weighted by Gasteiger charge is -2.37. The van der Waals surface area contributed by atoms with Crippen molar-refractivity contribution in [3.63, 3.8) is 0 Å². The van der Waals surface area contributed by atoms with Crippen LogP contribution in [0.4, 0.5) is 0 Å². The van der Waals surface area contributed by atoms with Crippen LogP contribution in [0.25, 0.3) is 0 Å². The van der Waals surface area contributed by atoms with Crippen LogP contribution in [-0.2, 0) is 4.79 Å². The van der Waals surface area contributed by atoms with Crippen molar-refractivity contribution in [3.05, 3.63) is 35.9 Å². The number of carbonyl (C=O) groups is 1. The summed E-state index contributed by atoms with van der Waals surface area (Å²) >= 11 is 0. The Morgan fingerprint density at radius 1 is 1.16 bits per heavy atom. The molecule has 0 bridgehead atoms. The molecule has 138 valence electrons. The third kappa shape index (κ3) is 4.81. The lowest BCUT2D eigenvalue weighted by Crippen LogP contribution is -2.50. The van der Waals surface area contributed by atoms with Gasteiger partial charge in [-0.15, -0.1) is 0 Å². The first-order valence-electron chi connectivity index (χ1n) is 9.58. The molecule has 0 spiro atoms. The van der Waals surface area contributed by atoms with Crippen molar-refractivity contribution in [2.75, 3.05) is 39.8 Å². The molecular formula is C20H31N3O2. The minimum atomic E-state index is -0.421. The van der Waals surface area contributed by atoms with Crippen molar-refractivity contribution < 1.29 is 9.90 Å². The van der Waals surface area contributed by atoms with Gasteiger partial charge in [0, 0.05) is 32.7 Å². The standard InChI is InChI=1S/C20H31N3O2/c1-22-11-13-23(14-12-22)19(17-9-3-2-4-10-17)20(25)21-15-18(24)16-7-5-6-8-16/h2-4,9-10,16,18-19,24H,5-8,11-15H2,1H3,(H,21,25). The Labute approximate surface area is 151 Å². The zero-order chi connectivity index (χ0) is 17.6. The number of hydrogen-bond donors (Lipinski definition) is 2. The summed E-state index contributed by atoms with van der Waals surface area (Å²) < 4.78 is 0. The molecule has 0 aromatic heterocycles. The first-order valence-corrected chi connectivity index (χ1v) is 9.58. The number of aliphatic hydroxyl groups excluding tert-OH is 1. The van der Waals surface area contributed by atoms with E-state index in [0.29, 0.717) is 12.5 Å². The molecule has 2 unspecified atom stereocenters. The Morgan fingerprint density at radius 2 is 1.80 bits per heavy atom. The summed E-state index contributed by atoms with van der Waals surface area (Å²) in [4.78, 5) is 17.5. The lowest BCUT2D eigenvalue weighted by molar-refractivity contribution is -0.128. The van der Waals surface area contributed by atoms with Gasteiger partial charge in [0.2, 0.25) is 5.91 Å². The van der Waals surface area contributed by atoms with E-state index in [9.17, 15) is 9.90 Å². The van der Waals surface area contributed by atoms with Crippen molar-refractivity contribution in [1.29, 1.82) is 0 Å². The van der Waals surface area contributed by atoms with Crippen LogP contribution in [0.3, 0.4) is 0 Å². The number of benzene rings is 1. The Morgan fingerprint density at radius 3 is 2.44 bits per heavy atom. The molecular weight excluding hydrogens is 314 g/mol. The Hall–Kier alpha value is -1.43. The van der Waals surface area contributed by atoms with Crippen LogP contribution in [-0.4, -0.2) is 66.7 Å². The number of likely N-dealkylation sites (N-methyl/N-ethyl adjacent to an activating group) is 1. The molecule has 2 atom stereocenters. The van der Waals surface area contributed by atoms with Crippen molar-refractivity contribution in [2.24, 2.45) is 5.92 Å². The van der Waals surface area contributed by atoms with Gasteiger partial charge in [-0.2, -0.15) is 0 Å². The van der Waals surface area contributed by atoms with Gasteiger partial charge in [-0.1, -0.05) is 43.2 Å². The van der Waals surface area contributed by atoms with Crippen LogP contribution < -0.4 is 5.32 Å². The van der Waals surface area contributed by atoms with Gasteiger partial charge in [0.15, 0.2) is 0 Å². The second-order valence-corrected chi connectivity index (χ2v) is 7.51. The quantitative estimate of drug-likeness (QED) is 0.823. The first-order chi connectivity index (χ1) is 12.1. The van der Waals surface area contributed by atoms with E-state index in [4.69, 9.17) is 0 Å². The number of nitrogens with zero attached hydrogens (tertiary/aromatic N) is 2. The predicted octanol–water partition coefficient (Wildman–Crippen LogP) is 1.64. The number of amides is 1. The fourth-order valence-electron chi connectivity index (χ4n) is 4.05. The van der Waals surface area contributed by atoms with E-state index in [1.54, 1.807) is 0 Å². The van der Waals surface area contributed by atoms with Gasteiger partial charge in [-0.05, 0) is 31.4 Å². The van der Waals surface area contributed by atoms with E-state index < -0.39 is 6.10 Å². The summed E-state index contributed by atoms with van der Waals surface area (Å²) in [5.41, 5.74) is 1.03. The summed E-state index contributed by atoms with van der Waals surface area (Å²) in [6.07, 6.45) is 4.14. The summed E-state index contributed by atoms with van der Waals surface area (Å²) in [6, 6.07) is 9.72. The second-order valence-electron chi connectivity index (χ2n) is 7.51. The van der Waals surface area contributed by atoms with Gasteiger partial charge >= 0.3 is 0 Å². The third-order valence-corrected chi connectivity index (χ3v) is 5.70. The number of aliphatic hydroxyl groups is 1. The van der Waals surface area contributed by atoms with Crippen LogP contribution in [0, 0.1) is 5.92 Å². The number of nitrogens with one attached hydrogen (secondary N) is 1. The zero-order valence-corrected chi connectivity index (χ0v) is 15.2. The molecule has 1 saturated heterocycles. The minimum Gasteiger partial charge on any atom is -0.391 e. The fraction of sp³-hybridized carbons (Fsp3) is 0.650. The van der Waals surface area contributed by atoms with E-state index in [-0.39, 0.29) is 11.9 Å². The van der Waals surface area contributed by atoms with E-state index in [1.807, 2.05) is 30.3 Å². The lowest BCUT2D eigenvalue weighted by atomic mass is 10.00. The molecule has 2 fully saturated rings. The average molecular weight is 345 g/mol. The molecule has 5 heteroatoms. The van der Waals surface area contributed by atoms with Crippen LogP contribution in [0.2, 0.25) is 0 Å². The average Bonchev–Trinajstić information content (AvgIpc) is 3.17. The maximum Gasteiger partial charge on any atom is 0.242 e. The number of rotatable bonds is 6. The molecule has 1 saturated carbocycles. The third-order valence-electron chi connectivity index (χ3n) is 5.70. The first kappa shape index (κ1) is 18.4. The van der Waals surface area contributed by atoms with Crippen molar-refractivity contribution in [1.82, 2.24) is 15.1 Å². The maximum absolute atomic E-state index is 13.0. The van der Waals surface area contributed by atoms with Crippen LogP contribution in [0.15, 0.2) is 30.3 Å². The highest BCUT2D eigenvalue weighted by atomic mass is 16.3. The summed E-state index contributed by atoms with van der Waals surface area (Å²) in [7, 11) is 2.12. The molecule has 1 aliphatic heterocycles. The van der Waals surface area contributed by atoms with Gasteiger partial charge in [0.1, 0.15) is 6.04 Å². The van der Waals surface area contributed by atoms with Gasteiger partial charge in [0.25, 0.3) is 0 Å². The monoisotopic (exact) mass is 345 g/mol. The maximum atomic E-state index is 13.0. The number of hydrogen-bond acceptors (Lipinski definition) is 4. The predicted molar refractivity (Wildman–Crippen MR) is 99.2 cm³/mol. The highest BCUT2D eigenvalue weighted by molar-refractivity contribution is 5.83. The van der Waals surface area contributed by atoms with E-state index >= 15 is 0 Å². The molecule has 1 amide bonds. The highest BCUT2D eigenvalue weighted by Crippen LogP contribution is 2.28. The van der Waals surface area contributed by atoms with Gasteiger partial charge in [0.05, 0.1) is 6.10 Å². The highest BCUT2D eigenvalue weighted by Gasteiger charge is 2.31. The van der Waals surface area contributed by atoms with Crippen molar-refractivity contribution in [2.45, 2.75) is 37.8 Å². The Kier molecular flexibility index (Phi) is 6.45. The zero-order valence-electron chi connectivity index (χ0n) is 15.2. The summed E-state index contributed by atoms with van der Waals surface area (Å²) in [5, 5.41) is 13.4. The van der Waals surface area contributed by atoms with Crippen LogP contribution in [0.5, 0.6) is 0 Å². The molecule has 1 aliphatic carbocycles. The molecule has 1 aromatic rings. The Balaban J connectivity index is 1.64.